The van der Waals surface area contributed by atoms with E-state index in [1.165, 1.54) is 25.7 Å². The van der Waals surface area contributed by atoms with Gasteiger partial charge in [-0.2, -0.15) is 0 Å². The molecule has 2 N–H and O–H groups in total. The quantitative estimate of drug-likeness (QED) is 0.434. The Morgan fingerprint density at radius 2 is 2.05 bits per heavy atom. The molecule has 0 radical (unpaired) electrons. The summed E-state index contributed by atoms with van der Waals surface area (Å²) in [5.74, 6) is 2.06. The number of guanidine groups is 1. The highest BCUT2D eigenvalue weighted by Crippen LogP contribution is 2.36. The van der Waals surface area contributed by atoms with Gasteiger partial charge < -0.3 is 15.2 Å². The van der Waals surface area contributed by atoms with Crippen LogP contribution in [-0.4, -0.2) is 24.7 Å². The predicted molar refractivity (Wildman–Crippen MR) is 101 cm³/mol. The Bertz CT molecular complexity index is 478. The van der Waals surface area contributed by atoms with Gasteiger partial charge in [0.1, 0.15) is 0 Å². The number of hydrogen-bond donors (Lipinski definition) is 2. The summed E-state index contributed by atoms with van der Waals surface area (Å²) in [4.78, 5) is 4.27. The summed E-state index contributed by atoms with van der Waals surface area (Å²) in [6.45, 7) is 8.15. The van der Waals surface area contributed by atoms with Gasteiger partial charge in [0.05, 0.1) is 12.2 Å². The van der Waals surface area contributed by atoms with E-state index in [0.29, 0.717) is 17.9 Å². The molecule has 0 atom stereocenters. The molecule has 22 heavy (non-hydrogen) atoms. The molecule has 2 rings (SSSR count). The second-order valence-electron chi connectivity index (χ2n) is 6.67. The van der Waals surface area contributed by atoms with E-state index in [2.05, 4.69) is 41.6 Å². The van der Waals surface area contributed by atoms with Crippen LogP contribution in [0.2, 0.25) is 0 Å². The van der Waals surface area contributed by atoms with Gasteiger partial charge in [-0.15, -0.1) is 24.0 Å². The first-order valence-electron chi connectivity index (χ1n) is 7.92. The lowest BCUT2D eigenvalue weighted by Crippen LogP contribution is -2.41. The summed E-state index contributed by atoms with van der Waals surface area (Å²) < 4.78 is 5.32. The van der Waals surface area contributed by atoms with Crippen molar-refractivity contribution < 1.29 is 4.52 Å². The second-order valence-corrected chi connectivity index (χ2v) is 6.67. The maximum Gasteiger partial charge on any atom is 0.191 e. The number of halogens is 1. The van der Waals surface area contributed by atoms with Crippen molar-refractivity contribution in [2.45, 2.75) is 58.9 Å². The van der Waals surface area contributed by atoms with Crippen LogP contribution in [0.15, 0.2) is 15.6 Å². The van der Waals surface area contributed by atoms with E-state index < -0.39 is 0 Å². The topological polar surface area (TPSA) is 62.5 Å². The van der Waals surface area contributed by atoms with Gasteiger partial charge in [-0.05, 0) is 24.2 Å². The standard InChI is InChI=1S/C16H28N4O.HI/c1-12(2)14-9-13(21-20-14)10-18-15(17-4)19-11-16(3)7-5-6-8-16;/h9,12H,5-8,10-11H2,1-4H3,(H2,17,18,19);1H. The van der Waals surface area contributed by atoms with Gasteiger partial charge in [0.15, 0.2) is 11.7 Å². The Labute approximate surface area is 150 Å². The Morgan fingerprint density at radius 3 is 2.59 bits per heavy atom. The van der Waals surface area contributed by atoms with Crippen LogP contribution in [0.3, 0.4) is 0 Å². The van der Waals surface area contributed by atoms with Crippen LogP contribution in [0.1, 0.15) is 63.8 Å². The molecule has 0 bridgehead atoms. The molecule has 1 aromatic heterocycles. The van der Waals surface area contributed by atoms with Crippen LogP contribution < -0.4 is 10.6 Å². The van der Waals surface area contributed by atoms with Crippen molar-refractivity contribution in [3.8, 4) is 0 Å². The monoisotopic (exact) mass is 420 g/mol. The van der Waals surface area contributed by atoms with Crippen LogP contribution >= 0.6 is 24.0 Å². The van der Waals surface area contributed by atoms with Crippen molar-refractivity contribution >= 4 is 29.9 Å². The van der Waals surface area contributed by atoms with Crippen molar-refractivity contribution in [3.63, 3.8) is 0 Å². The molecule has 0 amide bonds. The Morgan fingerprint density at radius 1 is 1.36 bits per heavy atom. The van der Waals surface area contributed by atoms with Crippen molar-refractivity contribution in [1.29, 1.82) is 0 Å². The second kappa shape index (κ2) is 8.74. The van der Waals surface area contributed by atoms with E-state index in [1.807, 2.05) is 6.07 Å². The summed E-state index contributed by atoms with van der Waals surface area (Å²) in [5, 5.41) is 10.8. The van der Waals surface area contributed by atoms with Gasteiger partial charge in [-0.3, -0.25) is 4.99 Å². The zero-order valence-corrected chi connectivity index (χ0v) is 16.4. The van der Waals surface area contributed by atoms with Gasteiger partial charge >= 0.3 is 0 Å². The number of rotatable bonds is 5. The minimum absolute atomic E-state index is 0. The van der Waals surface area contributed by atoms with E-state index in [0.717, 1.165) is 24.0 Å². The molecular formula is C16H29IN4O. The smallest absolute Gasteiger partial charge is 0.191 e. The van der Waals surface area contributed by atoms with Crippen LogP contribution in [0.4, 0.5) is 0 Å². The Hall–Kier alpha value is -0.790. The highest BCUT2D eigenvalue weighted by molar-refractivity contribution is 14.0. The number of aliphatic imine (C=N–C) groups is 1. The minimum atomic E-state index is 0. The fourth-order valence-electron chi connectivity index (χ4n) is 2.78. The maximum atomic E-state index is 5.32. The fourth-order valence-corrected chi connectivity index (χ4v) is 2.78. The molecule has 0 unspecified atom stereocenters. The van der Waals surface area contributed by atoms with Gasteiger partial charge in [-0.25, -0.2) is 0 Å². The highest BCUT2D eigenvalue weighted by Gasteiger charge is 2.28. The fraction of sp³-hybridized carbons (Fsp3) is 0.750. The summed E-state index contributed by atoms with van der Waals surface area (Å²) in [6.07, 6.45) is 5.30. The molecule has 6 heteroatoms. The molecule has 1 fully saturated rings. The van der Waals surface area contributed by atoms with E-state index in [-0.39, 0.29) is 24.0 Å². The first-order valence-corrected chi connectivity index (χ1v) is 7.92. The predicted octanol–water partition coefficient (Wildman–Crippen LogP) is 3.66. The van der Waals surface area contributed by atoms with Gasteiger partial charge in [0.2, 0.25) is 0 Å². The zero-order valence-electron chi connectivity index (χ0n) is 14.1. The molecule has 1 saturated carbocycles. The average molecular weight is 420 g/mol. The largest absolute Gasteiger partial charge is 0.359 e. The van der Waals surface area contributed by atoms with Crippen molar-refractivity contribution in [2.75, 3.05) is 13.6 Å². The normalized spacial score (nSPS) is 17.4. The maximum absolute atomic E-state index is 5.32. The third-order valence-corrected chi connectivity index (χ3v) is 4.32. The van der Waals surface area contributed by atoms with Crippen LogP contribution in [0.25, 0.3) is 0 Å². The van der Waals surface area contributed by atoms with Crippen molar-refractivity contribution in [1.82, 2.24) is 15.8 Å². The summed E-state index contributed by atoms with van der Waals surface area (Å²) in [7, 11) is 1.80. The number of aromatic nitrogens is 1. The lowest BCUT2D eigenvalue weighted by molar-refractivity contribution is 0.333. The first-order chi connectivity index (χ1) is 10.0. The van der Waals surface area contributed by atoms with Crippen LogP contribution in [-0.2, 0) is 6.54 Å². The third kappa shape index (κ3) is 5.44. The molecule has 1 aromatic rings. The molecule has 1 heterocycles. The van der Waals surface area contributed by atoms with Crippen molar-refractivity contribution in [3.05, 3.63) is 17.5 Å². The first kappa shape index (κ1) is 19.3. The van der Waals surface area contributed by atoms with Crippen molar-refractivity contribution in [2.24, 2.45) is 10.4 Å². The summed E-state index contributed by atoms with van der Waals surface area (Å²) in [5.41, 5.74) is 1.41. The van der Waals surface area contributed by atoms with E-state index >= 15 is 0 Å². The van der Waals surface area contributed by atoms with Crippen LogP contribution in [0.5, 0.6) is 0 Å². The Balaban J connectivity index is 0.00000242. The van der Waals surface area contributed by atoms with E-state index in [9.17, 15) is 0 Å². The van der Waals surface area contributed by atoms with E-state index in [1.54, 1.807) is 7.05 Å². The number of hydrogen-bond acceptors (Lipinski definition) is 3. The van der Waals surface area contributed by atoms with Crippen LogP contribution in [0, 0.1) is 5.41 Å². The van der Waals surface area contributed by atoms with Gasteiger partial charge in [-0.1, -0.05) is 38.8 Å². The zero-order chi connectivity index (χ0) is 15.3. The molecule has 0 aliphatic heterocycles. The summed E-state index contributed by atoms with van der Waals surface area (Å²) in [6, 6.07) is 2.00. The molecular weight excluding hydrogens is 391 g/mol. The van der Waals surface area contributed by atoms with Gasteiger partial charge in [0, 0.05) is 19.7 Å². The lowest BCUT2D eigenvalue weighted by Gasteiger charge is -2.24. The molecule has 5 nitrogen and oxygen atoms in total. The molecule has 0 saturated heterocycles. The van der Waals surface area contributed by atoms with E-state index in [4.69, 9.17) is 4.52 Å². The van der Waals surface area contributed by atoms with Gasteiger partial charge in [0.25, 0.3) is 0 Å². The molecule has 1 aliphatic rings. The molecule has 126 valence electrons. The summed E-state index contributed by atoms with van der Waals surface area (Å²) >= 11 is 0. The number of nitrogens with one attached hydrogen (secondary N) is 2. The SMILES string of the molecule is CN=C(NCc1cc(C(C)C)no1)NCC1(C)CCCC1.I. The lowest BCUT2D eigenvalue weighted by atomic mass is 9.89. The molecule has 1 aliphatic carbocycles. The molecule has 0 spiro atoms. The highest BCUT2D eigenvalue weighted by atomic mass is 127. The Kier molecular flexibility index (Phi) is 7.65. The third-order valence-electron chi connectivity index (χ3n) is 4.32. The minimum Gasteiger partial charge on any atom is -0.359 e. The number of nitrogens with zero attached hydrogens (tertiary/aromatic N) is 2. The molecule has 0 aromatic carbocycles. The average Bonchev–Trinajstić information content (AvgIpc) is 3.08.